The molecule has 0 saturated heterocycles. The predicted molar refractivity (Wildman–Crippen MR) is 93.7 cm³/mol. The topological polar surface area (TPSA) is 41.0 Å². The third-order valence-corrected chi connectivity index (χ3v) is 4.94. The summed E-state index contributed by atoms with van der Waals surface area (Å²) in [5.41, 5.74) is 7.32. The summed E-state index contributed by atoms with van der Waals surface area (Å²) in [5, 5.41) is 6.07. The van der Waals surface area contributed by atoms with Crippen LogP contribution >= 0.6 is 0 Å². The fourth-order valence-electron chi connectivity index (χ4n) is 3.85. The van der Waals surface area contributed by atoms with Gasteiger partial charge < -0.3 is 14.7 Å². The van der Waals surface area contributed by atoms with Crippen LogP contribution in [0.25, 0.3) is 33.2 Å². The Hall–Kier alpha value is -2.52. The zero-order valence-corrected chi connectivity index (χ0v) is 13.1. The smallest absolute Gasteiger partial charge is 0.138 e. The van der Waals surface area contributed by atoms with Crippen molar-refractivity contribution in [3.63, 3.8) is 0 Å². The van der Waals surface area contributed by atoms with E-state index in [1.165, 1.54) is 33.1 Å². The maximum atomic E-state index is 6.22. The van der Waals surface area contributed by atoms with Gasteiger partial charge in [0, 0.05) is 52.6 Å². The van der Waals surface area contributed by atoms with Gasteiger partial charge in [-0.25, -0.2) is 0 Å². The van der Waals surface area contributed by atoms with E-state index < -0.39 is 0 Å². The van der Waals surface area contributed by atoms with Gasteiger partial charge in [-0.2, -0.15) is 0 Å². The molecule has 0 radical (unpaired) electrons. The molecule has 2 aromatic heterocycles. The maximum absolute atomic E-state index is 6.22. The van der Waals surface area contributed by atoms with Crippen LogP contribution < -0.4 is 5.32 Å². The van der Waals surface area contributed by atoms with Crippen molar-refractivity contribution in [2.45, 2.75) is 19.9 Å². The molecule has 0 spiro atoms. The number of benzene rings is 2. The third kappa shape index (κ3) is 1.80. The highest BCUT2D eigenvalue weighted by Crippen LogP contribution is 2.39. The van der Waals surface area contributed by atoms with Crippen LogP contribution in [0.15, 0.2) is 46.9 Å². The molecule has 0 unspecified atom stereocenters. The van der Waals surface area contributed by atoms with Crippen LogP contribution in [0.4, 0.5) is 0 Å². The van der Waals surface area contributed by atoms with Crippen LogP contribution in [0.1, 0.15) is 16.8 Å². The summed E-state index contributed by atoms with van der Waals surface area (Å²) in [6.45, 7) is 4.14. The lowest BCUT2D eigenvalue weighted by Gasteiger charge is -2.12. The standard InChI is InChI=1S/C20H18N2O/c1-12-18-17(23-20(12)13-5-3-2-4-6-13)8-7-16-19(18)14-11-21-10-9-15(14)22-16/h2-8,21-22H,9-11H2,1H3. The highest BCUT2D eigenvalue weighted by Gasteiger charge is 2.21. The van der Waals surface area contributed by atoms with Crippen LogP contribution in [-0.4, -0.2) is 11.5 Å². The van der Waals surface area contributed by atoms with Crippen LogP contribution in [0.3, 0.4) is 0 Å². The molecule has 4 aromatic rings. The third-order valence-electron chi connectivity index (χ3n) is 4.94. The Morgan fingerprint density at radius 2 is 1.87 bits per heavy atom. The molecule has 1 aliphatic rings. The van der Waals surface area contributed by atoms with Gasteiger partial charge in [-0.15, -0.1) is 0 Å². The minimum atomic E-state index is 0.930. The van der Waals surface area contributed by atoms with E-state index in [0.29, 0.717) is 0 Å². The Labute approximate surface area is 134 Å². The maximum Gasteiger partial charge on any atom is 0.138 e. The molecule has 114 valence electrons. The number of aromatic amines is 1. The van der Waals surface area contributed by atoms with E-state index in [-0.39, 0.29) is 0 Å². The van der Waals surface area contributed by atoms with Crippen molar-refractivity contribution in [3.8, 4) is 11.3 Å². The van der Waals surface area contributed by atoms with Gasteiger partial charge in [-0.3, -0.25) is 0 Å². The second kappa shape index (κ2) is 4.74. The van der Waals surface area contributed by atoms with Crippen LogP contribution in [0.5, 0.6) is 0 Å². The Morgan fingerprint density at radius 1 is 1.00 bits per heavy atom. The van der Waals surface area contributed by atoms with Gasteiger partial charge in [0.1, 0.15) is 11.3 Å². The number of fused-ring (bicyclic) bond motifs is 5. The number of aryl methyl sites for hydroxylation is 1. The van der Waals surface area contributed by atoms with Crippen molar-refractivity contribution in [3.05, 3.63) is 59.3 Å². The molecule has 0 amide bonds. The number of furan rings is 1. The molecule has 3 heterocycles. The van der Waals surface area contributed by atoms with Crippen molar-refractivity contribution in [1.29, 1.82) is 0 Å². The summed E-state index contributed by atoms with van der Waals surface area (Å²) >= 11 is 0. The van der Waals surface area contributed by atoms with E-state index in [1.54, 1.807) is 0 Å². The van der Waals surface area contributed by atoms with Crippen molar-refractivity contribution < 1.29 is 4.42 Å². The Kier molecular flexibility index (Phi) is 2.67. The van der Waals surface area contributed by atoms with Crippen molar-refractivity contribution in [2.24, 2.45) is 0 Å². The van der Waals surface area contributed by atoms with Crippen LogP contribution in [-0.2, 0) is 13.0 Å². The van der Waals surface area contributed by atoms with E-state index in [9.17, 15) is 0 Å². The molecule has 0 fully saturated rings. The molecule has 3 nitrogen and oxygen atoms in total. The largest absolute Gasteiger partial charge is 0.456 e. The van der Waals surface area contributed by atoms with Crippen molar-refractivity contribution in [2.75, 3.05) is 6.54 Å². The number of rotatable bonds is 1. The highest BCUT2D eigenvalue weighted by atomic mass is 16.3. The van der Waals surface area contributed by atoms with Crippen molar-refractivity contribution >= 4 is 21.9 Å². The first kappa shape index (κ1) is 13.0. The first-order valence-electron chi connectivity index (χ1n) is 8.14. The summed E-state index contributed by atoms with van der Waals surface area (Å²) in [5.74, 6) is 0.979. The molecule has 23 heavy (non-hydrogen) atoms. The summed E-state index contributed by atoms with van der Waals surface area (Å²) in [4.78, 5) is 3.60. The minimum absolute atomic E-state index is 0.930. The summed E-state index contributed by atoms with van der Waals surface area (Å²) in [6, 6.07) is 14.6. The first-order chi connectivity index (χ1) is 11.3. The molecule has 0 atom stereocenters. The molecule has 2 N–H and O–H groups in total. The van der Waals surface area contributed by atoms with Crippen LogP contribution in [0, 0.1) is 6.92 Å². The predicted octanol–water partition coefficient (Wildman–Crippen LogP) is 4.54. The lowest BCUT2D eigenvalue weighted by molar-refractivity contribution is 0.629. The Balaban J connectivity index is 1.87. The second-order valence-corrected chi connectivity index (χ2v) is 6.29. The normalized spacial score (nSPS) is 14.5. The SMILES string of the molecule is Cc1c(-c2ccccc2)oc2ccc3[nH]c4c(c3c12)CNCC4. The fourth-order valence-corrected chi connectivity index (χ4v) is 3.85. The fraction of sp³-hybridized carbons (Fsp3) is 0.200. The zero-order chi connectivity index (χ0) is 15.4. The van der Waals surface area contributed by atoms with E-state index in [4.69, 9.17) is 4.42 Å². The summed E-state index contributed by atoms with van der Waals surface area (Å²) in [6.07, 6.45) is 1.06. The first-order valence-corrected chi connectivity index (χ1v) is 8.14. The molecule has 0 saturated carbocycles. The van der Waals surface area contributed by atoms with Gasteiger partial charge in [-0.05, 0) is 24.6 Å². The average molecular weight is 302 g/mol. The molecule has 1 aliphatic heterocycles. The molecule has 0 aliphatic carbocycles. The molecule has 0 bridgehead atoms. The highest BCUT2D eigenvalue weighted by molar-refractivity contribution is 6.10. The molecular formula is C20H18N2O. The van der Waals surface area contributed by atoms with Gasteiger partial charge in [-0.1, -0.05) is 30.3 Å². The number of hydrogen-bond donors (Lipinski definition) is 2. The number of H-pyrrole nitrogens is 1. The van der Waals surface area contributed by atoms with Crippen LogP contribution in [0.2, 0.25) is 0 Å². The number of hydrogen-bond acceptors (Lipinski definition) is 2. The molecule has 5 rings (SSSR count). The summed E-state index contributed by atoms with van der Waals surface area (Å²) in [7, 11) is 0. The monoisotopic (exact) mass is 302 g/mol. The quantitative estimate of drug-likeness (QED) is 0.542. The number of aromatic nitrogens is 1. The minimum Gasteiger partial charge on any atom is -0.456 e. The lowest BCUT2D eigenvalue weighted by atomic mass is 10.00. The zero-order valence-electron chi connectivity index (χ0n) is 13.1. The van der Waals surface area contributed by atoms with Crippen molar-refractivity contribution in [1.82, 2.24) is 10.3 Å². The Bertz CT molecular complexity index is 1020. The van der Waals surface area contributed by atoms with E-state index in [1.807, 2.05) is 6.07 Å². The van der Waals surface area contributed by atoms with Gasteiger partial charge >= 0.3 is 0 Å². The molecular weight excluding hydrogens is 284 g/mol. The van der Waals surface area contributed by atoms with Gasteiger partial charge in [0.2, 0.25) is 0 Å². The second-order valence-electron chi connectivity index (χ2n) is 6.29. The van der Waals surface area contributed by atoms with Gasteiger partial charge in [0.25, 0.3) is 0 Å². The molecule has 2 aromatic carbocycles. The van der Waals surface area contributed by atoms with E-state index >= 15 is 0 Å². The van der Waals surface area contributed by atoms with Gasteiger partial charge in [0.15, 0.2) is 0 Å². The summed E-state index contributed by atoms with van der Waals surface area (Å²) < 4.78 is 6.22. The average Bonchev–Trinajstić information content (AvgIpc) is 3.13. The number of nitrogens with one attached hydrogen (secondary N) is 2. The Morgan fingerprint density at radius 3 is 2.74 bits per heavy atom. The lowest BCUT2D eigenvalue weighted by Crippen LogP contribution is -2.22. The van der Waals surface area contributed by atoms with E-state index in [2.05, 4.69) is 53.6 Å². The molecule has 3 heteroatoms. The van der Waals surface area contributed by atoms with E-state index in [0.717, 1.165) is 36.4 Å². The van der Waals surface area contributed by atoms with Gasteiger partial charge in [0.05, 0.1) is 0 Å².